The average Bonchev–Trinajstić information content (AvgIpc) is 3.43. The van der Waals surface area contributed by atoms with Gasteiger partial charge in [-0.05, 0) is 97.2 Å². The highest BCUT2D eigenvalue weighted by Crippen LogP contribution is 2.69. The molecule has 7 nitrogen and oxygen atoms in total. The Balaban J connectivity index is 1.42. The van der Waals surface area contributed by atoms with Crippen LogP contribution < -0.4 is 0 Å². The molecule has 4 aliphatic carbocycles. The lowest BCUT2D eigenvalue weighted by Gasteiger charge is -2.65. The second-order valence-electron chi connectivity index (χ2n) is 12.5. The minimum absolute atomic E-state index is 0.106. The number of fused-ring (bicyclic) bond motifs is 5. The Morgan fingerprint density at radius 1 is 1.06 bits per heavy atom. The highest BCUT2D eigenvalue weighted by Gasteiger charge is 2.67. The summed E-state index contributed by atoms with van der Waals surface area (Å²) in [7, 11) is 0. The molecule has 0 spiro atoms. The molecule has 4 N–H and O–H groups in total. The van der Waals surface area contributed by atoms with Crippen LogP contribution >= 0.6 is 0 Å². The van der Waals surface area contributed by atoms with Gasteiger partial charge in [0.05, 0.1) is 18.3 Å². The standard InChI is InChI=1S/C26H44N4O3/c1-5-16-19-12-15(31)10-11-25(19,3)20-13-21(32)26(4)17(7-8-18(26)23(20)24(16)33)14(2)6-9-22-27-29-30-28-22/h14-21,23-24,31-33H,5-13H2,1-4H3,(H,27,28,29,30)/t14-,15-,16-,17-,18?,19+,20?,21+,23+,24-,25+,26-/m1/s1. The molecule has 1 aromatic rings. The highest BCUT2D eigenvalue weighted by molar-refractivity contribution is 5.15. The van der Waals surface area contributed by atoms with E-state index in [4.69, 9.17) is 0 Å². The van der Waals surface area contributed by atoms with Gasteiger partial charge in [-0.15, -0.1) is 10.2 Å². The van der Waals surface area contributed by atoms with E-state index in [0.717, 1.165) is 63.6 Å². The van der Waals surface area contributed by atoms with E-state index in [1.54, 1.807) is 0 Å². The maximum Gasteiger partial charge on any atom is 0.174 e. The number of aliphatic hydroxyl groups is 3. The van der Waals surface area contributed by atoms with Crippen molar-refractivity contribution in [2.24, 2.45) is 52.3 Å². The Hall–Kier alpha value is -1.05. The van der Waals surface area contributed by atoms with Gasteiger partial charge in [-0.2, -0.15) is 5.21 Å². The van der Waals surface area contributed by atoms with Gasteiger partial charge in [0.25, 0.3) is 0 Å². The molecule has 186 valence electrons. The zero-order chi connectivity index (χ0) is 23.5. The third-order valence-corrected chi connectivity index (χ3v) is 11.5. The first-order valence-electron chi connectivity index (χ1n) is 13.5. The predicted molar refractivity (Wildman–Crippen MR) is 125 cm³/mol. The van der Waals surface area contributed by atoms with Crippen LogP contribution in [-0.4, -0.2) is 54.3 Å². The molecule has 2 unspecified atom stereocenters. The number of aromatic amines is 1. The van der Waals surface area contributed by atoms with E-state index in [0.29, 0.717) is 29.6 Å². The van der Waals surface area contributed by atoms with Gasteiger partial charge in [0.15, 0.2) is 5.82 Å². The number of hydrogen-bond donors (Lipinski definition) is 4. The van der Waals surface area contributed by atoms with Crippen LogP contribution in [-0.2, 0) is 6.42 Å². The Morgan fingerprint density at radius 2 is 1.85 bits per heavy atom. The fourth-order valence-corrected chi connectivity index (χ4v) is 9.74. The molecule has 0 radical (unpaired) electrons. The summed E-state index contributed by atoms with van der Waals surface area (Å²) >= 11 is 0. The van der Waals surface area contributed by atoms with E-state index in [1.165, 1.54) is 0 Å². The number of H-pyrrole nitrogens is 1. The molecule has 12 atom stereocenters. The second-order valence-corrected chi connectivity index (χ2v) is 12.5. The predicted octanol–water partition coefficient (Wildman–Crippen LogP) is 3.37. The van der Waals surface area contributed by atoms with E-state index in [9.17, 15) is 15.3 Å². The first-order chi connectivity index (χ1) is 15.7. The maximum absolute atomic E-state index is 11.8. The van der Waals surface area contributed by atoms with Crippen molar-refractivity contribution in [3.63, 3.8) is 0 Å². The lowest BCUT2D eigenvalue weighted by molar-refractivity contribution is -0.228. The minimum atomic E-state index is -0.335. The summed E-state index contributed by atoms with van der Waals surface area (Å²) in [6.45, 7) is 9.28. The number of tetrazole rings is 1. The van der Waals surface area contributed by atoms with Gasteiger partial charge < -0.3 is 15.3 Å². The number of aliphatic hydroxyl groups excluding tert-OH is 3. The number of aromatic nitrogens is 4. The zero-order valence-corrected chi connectivity index (χ0v) is 20.8. The molecule has 4 fully saturated rings. The topological polar surface area (TPSA) is 115 Å². The number of aryl methyl sites for hydroxylation is 1. The number of rotatable bonds is 5. The van der Waals surface area contributed by atoms with Gasteiger partial charge in [0, 0.05) is 6.42 Å². The Morgan fingerprint density at radius 3 is 2.55 bits per heavy atom. The van der Waals surface area contributed by atoms with E-state index >= 15 is 0 Å². The normalized spacial score (nSPS) is 50.3. The lowest BCUT2D eigenvalue weighted by Crippen LogP contribution is -2.65. The smallest absolute Gasteiger partial charge is 0.174 e. The largest absolute Gasteiger partial charge is 0.393 e. The zero-order valence-electron chi connectivity index (χ0n) is 20.8. The average molecular weight is 461 g/mol. The molecular weight excluding hydrogens is 416 g/mol. The van der Waals surface area contributed by atoms with Crippen LogP contribution in [0.4, 0.5) is 0 Å². The lowest BCUT2D eigenvalue weighted by atomic mass is 9.41. The van der Waals surface area contributed by atoms with Crippen molar-refractivity contribution in [2.45, 2.75) is 104 Å². The van der Waals surface area contributed by atoms with Gasteiger partial charge in [0.2, 0.25) is 0 Å². The molecule has 4 saturated carbocycles. The third kappa shape index (κ3) is 3.51. The fourth-order valence-electron chi connectivity index (χ4n) is 9.74. The van der Waals surface area contributed by atoms with Crippen molar-refractivity contribution in [3.8, 4) is 0 Å². The summed E-state index contributed by atoms with van der Waals surface area (Å²) < 4.78 is 0. The molecule has 33 heavy (non-hydrogen) atoms. The fraction of sp³-hybridized carbons (Fsp3) is 0.962. The van der Waals surface area contributed by atoms with Crippen LogP contribution in [0, 0.1) is 52.3 Å². The van der Waals surface area contributed by atoms with E-state index in [-0.39, 0.29) is 41.0 Å². The second kappa shape index (κ2) is 8.56. The molecule has 0 saturated heterocycles. The molecule has 1 aromatic heterocycles. The van der Waals surface area contributed by atoms with E-state index in [1.807, 2.05) is 0 Å². The Kier molecular flexibility index (Phi) is 6.14. The molecule has 0 aromatic carbocycles. The summed E-state index contributed by atoms with van der Waals surface area (Å²) in [6, 6.07) is 0. The number of nitrogens with zero attached hydrogens (tertiary/aromatic N) is 3. The van der Waals surface area contributed by atoms with Crippen molar-refractivity contribution in [1.82, 2.24) is 20.6 Å². The van der Waals surface area contributed by atoms with E-state index < -0.39 is 0 Å². The Labute approximate surface area is 198 Å². The SMILES string of the molecule is CC[C@H]1[C@@H](O)[C@H]2C3CC[C@H]([C@H](C)CCc4nn[nH]n4)[C@@]3(C)[C@@H](O)CC2[C@@]2(C)CC[C@@H](O)C[C@@H]12. The number of nitrogens with one attached hydrogen (secondary N) is 1. The third-order valence-electron chi connectivity index (χ3n) is 11.5. The molecule has 0 bridgehead atoms. The van der Waals surface area contributed by atoms with Crippen molar-refractivity contribution in [2.75, 3.05) is 0 Å². The summed E-state index contributed by atoms with van der Waals surface area (Å²) in [5.41, 5.74) is -0.0527. The van der Waals surface area contributed by atoms with Crippen LogP contribution in [0.25, 0.3) is 0 Å². The molecule has 0 aliphatic heterocycles. The van der Waals surface area contributed by atoms with Gasteiger partial charge >= 0.3 is 0 Å². The maximum atomic E-state index is 11.8. The summed E-state index contributed by atoms with van der Waals surface area (Å²) in [4.78, 5) is 0. The van der Waals surface area contributed by atoms with Crippen molar-refractivity contribution >= 4 is 0 Å². The molecule has 4 aliphatic rings. The van der Waals surface area contributed by atoms with Crippen LogP contribution in [0.15, 0.2) is 0 Å². The van der Waals surface area contributed by atoms with Crippen LogP contribution in [0.3, 0.4) is 0 Å². The molecule has 7 heteroatoms. The van der Waals surface area contributed by atoms with Crippen LogP contribution in [0.1, 0.15) is 84.9 Å². The highest BCUT2D eigenvalue weighted by atomic mass is 16.3. The van der Waals surface area contributed by atoms with E-state index in [2.05, 4.69) is 48.3 Å². The minimum Gasteiger partial charge on any atom is -0.393 e. The molecule has 5 rings (SSSR count). The monoisotopic (exact) mass is 460 g/mol. The summed E-state index contributed by atoms with van der Waals surface area (Å²) in [6.07, 6.45) is 7.56. The van der Waals surface area contributed by atoms with Crippen LogP contribution in [0.2, 0.25) is 0 Å². The molecule has 1 heterocycles. The summed E-state index contributed by atoms with van der Waals surface area (Å²) in [5, 5.41) is 48.5. The van der Waals surface area contributed by atoms with Gasteiger partial charge in [-0.3, -0.25) is 0 Å². The first kappa shape index (κ1) is 23.7. The number of hydrogen-bond acceptors (Lipinski definition) is 6. The van der Waals surface area contributed by atoms with Crippen LogP contribution in [0.5, 0.6) is 0 Å². The molecule has 0 amide bonds. The first-order valence-corrected chi connectivity index (χ1v) is 13.5. The molecular formula is C26H44N4O3. The van der Waals surface area contributed by atoms with Crippen molar-refractivity contribution < 1.29 is 15.3 Å². The van der Waals surface area contributed by atoms with Gasteiger partial charge in [0.1, 0.15) is 0 Å². The van der Waals surface area contributed by atoms with Crippen molar-refractivity contribution in [1.29, 1.82) is 0 Å². The van der Waals surface area contributed by atoms with Crippen molar-refractivity contribution in [3.05, 3.63) is 5.82 Å². The quantitative estimate of drug-likeness (QED) is 0.536. The Bertz CT molecular complexity index is 820. The van der Waals surface area contributed by atoms with Gasteiger partial charge in [-0.1, -0.05) is 39.3 Å². The summed E-state index contributed by atoms with van der Waals surface area (Å²) in [5.74, 6) is 3.22. The van der Waals surface area contributed by atoms with Gasteiger partial charge in [-0.25, -0.2) is 0 Å².